The van der Waals surface area contributed by atoms with Crippen LogP contribution in [0, 0.1) is 0 Å². The Bertz CT molecular complexity index is 985. The highest BCUT2D eigenvalue weighted by Crippen LogP contribution is 2.46. The van der Waals surface area contributed by atoms with Crippen LogP contribution >= 0.6 is 15.9 Å². The summed E-state index contributed by atoms with van der Waals surface area (Å²) in [7, 11) is 4.52. The Morgan fingerprint density at radius 2 is 1.70 bits per heavy atom. The van der Waals surface area contributed by atoms with Crippen LogP contribution in [0.25, 0.3) is 0 Å². The molecule has 7 heteroatoms. The number of ether oxygens (including phenoxy) is 3. The number of rotatable bonds is 8. The second-order valence-electron chi connectivity index (χ2n) is 8.73. The summed E-state index contributed by atoms with van der Waals surface area (Å²) in [5, 5.41) is 10.8. The van der Waals surface area contributed by atoms with E-state index in [0.717, 1.165) is 22.9 Å². The molecule has 1 aliphatic carbocycles. The van der Waals surface area contributed by atoms with Crippen LogP contribution < -0.4 is 14.2 Å². The Balaban J connectivity index is 1.89. The van der Waals surface area contributed by atoms with Gasteiger partial charge in [-0.15, -0.1) is 0 Å². The maximum Gasteiger partial charge on any atom is 0.254 e. The number of nitrogens with zero attached hydrogens (tertiary/aromatic N) is 1. The second kappa shape index (κ2) is 11.1. The third-order valence-corrected chi connectivity index (χ3v) is 7.06. The first-order valence-corrected chi connectivity index (χ1v) is 12.2. The van der Waals surface area contributed by atoms with E-state index in [1.54, 1.807) is 13.2 Å². The molecule has 2 aromatic carbocycles. The highest BCUT2D eigenvalue weighted by atomic mass is 79.9. The number of phenols is 1. The molecule has 0 saturated heterocycles. The minimum Gasteiger partial charge on any atom is -0.504 e. The smallest absolute Gasteiger partial charge is 0.254 e. The third kappa shape index (κ3) is 5.40. The van der Waals surface area contributed by atoms with Crippen molar-refractivity contribution in [3.8, 4) is 23.0 Å². The van der Waals surface area contributed by atoms with Crippen molar-refractivity contribution in [1.29, 1.82) is 0 Å². The molecule has 1 fully saturated rings. The van der Waals surface area contributed by atoms with E-state index in [9.17, 15) is 9.90 Å². The Morgan fingerprint density at radius 1 is 1.03 bits per heavy atom. The van der Waals surface area contributed by atoms with Gasteiger partial charge in [-0.05, 0) is 50.5 Å². The fraction of sp³-hybridized carbons (Fsp3) is 0.500. The van der Waals surface area contributed by atoms with E-state index >= 15 is 0 Å². The van der Waals surface area contributed by atoms with Gasteiger partial charge in [-0.1, -0.05) is 41.3 Å². The molecule has 2 aromatic rings. The molecule has 0 unspecified atom stereocenters. The topological polar surface area (TPSA) is 68.2 Å². The number of methoxy groups -OCH3 is 3. The van der Waals surface area contributed by atoms with Crippen LogP contribution in [0.2, 0.25) is 0 Å². The van der Waals surface area contributed by atoms with Gasteiger partial charge in [-0.3, -0.25) is 4.79 Å². The maximum atomic E-state index is 13.4. The number of carbonyl (C=O) groups excluding carboxylic acids is 1. The zero-order valence-electron chi connectivity index (χ0n) is 20.1. The van der Waals surface area contributed by atoms with Gasteiger partial charge in [-0.25, -0.2) is 0 Å². The lowest BCUT2D eigenvalue weighted by atomic mass is 9.92. The molecule has 0 aliphatic heterocycles. The van der Waals surface area contributed by atoms with Gasteiger partial charge in [0, 0.05) is 34.1 Å². The van der Waals surface area contributed by atoms with Crippen molar-refractivity contribution in [2.24, 2.45) is 0 Å². The lowest BCUT2D eigenvalue weighted by Gasteiger charge is -2.37. The summed E-state index contributed by atoms with van der Waals surface area (Å²) in [6.07, 6.45) is 6.19. The number of amides is 1. The Hall–Kier alpha value is -2.41. The van der Waals surface area contributed by atoms with Gasteiger partial charge >= 0.3 is 0 Å². The van der Waals surface area contributed by atoms with Crippen molar-refractivity contribution in [3.63, 3.8) is 0 Å². The van der Waals surface area contributed by atoms with Crippen molar-refractivity contribution in [3.05, 3.63) is 45.4 Å². The number of hydrogen-bond donors (Lipinski definition) is 1. The average Bonchev–Trinajstić information content (AvgIpc) is 2.81. The molecule has 3 rings (SSSR count). The zero-order chi connectivity index (χ0) is 24.1. The summed E-state index contributed by atoms with van der Waals surface area (Å²) in [4.78, 5) is 15.5. The molecule has 1 amide bonds. The van der Waals surface area contributed by atoms with E-state index in [0.29, 0.717) is 35.1 Å². The predicted octanol–water partition coefficient (Wildman–Crippen LogP) is 5.95. The number of phenolic OH excluding ortho intramolecular Hbond substituents is 1. The predicted molar refractivity (Wildman–Crippen MR) is 133 cm³/mol. The number of carbonyl (C=O) groups is 1. The first-order chi connectivity index (χ1) is 15.8. The molecule has 0 spiro atoms. The molecule has 0 bridgehead atoms. The largest absolute Gasteiger partial charge is 0.504 e. The van der Waals surface area contributed by atoms with Crippen LogP contribution in [0.1, 0.15) is 67.4 Å². The van der Waals surface area contributed by atoms with Crippen LogP contribution in [0.3, 0.4) is 0 Å². The first kappa shape index (κ1) is 25.2. The average molecular weight is 520 g/mol. The van der Waals surface area contributed by atoms with Gasteiger partial charge in [0.2, 0.25) is 11.5 Å². The molecular formula is C26H34BrNO5. The fourth-order valence-corrected chi connectivity index (χ4v) is 5.20. The fourth-order valence-electron chi connectivity index (χ4n) is 4.69. The quantitative estimate of drug-likeness (QED) is 0.466. The van der Waals surface area contributed by atoms with Gasteiger partial charge in [0.15, 0.2) is 11.5 Å². The van der Waals surface area contributed by atoms with E-state index in [4.69, 9.17) is 14.2 Å². The summed E-state index contributed by atoms with van der Waals surface area (Å²) in [5.41, 5.74) is 2.24. The monoisotopic (exact) mass is 519 g/mol. The minimum absolute atomic E-state index is 0.00508. The Labute approximate surface area is 205 Å². The van der Waals surface area contributed by atoms with Gasteiger partial charge in [-0.2, -0.15) is 0 Å². The zero-order valence-corrected chi connectivity index (χ0v) is 21.7. The second-order valence-corrected chi connectivity index (χ2v) is 9.59. The summed E-state index contributed by atoms with van der Waals surface area (Å²) < 4.78 is 16.9. The van der Waals surface area contributed by atoms with Crippen molar-refractivity contribution < 1.29 is 24.1 Å². The van der Waals surface area contributed by atoms with Gasteiger partial charge in [0.05, 0.1) is 21.3 Å². The maximum absolute atomic E-state index is 13.4. The van der Waals surface area contributed by atoms with E-state index in [1.165, 1.54) is 33.5 Å². The number of hydrogen-bond acceptors (Lipinski definition) is 5. The molecular weight excluding hydrogens is 486 g/mol. The van der Waals surface area contributed by atoms with Crippen molar-refractivity contribution in [2.45, 2.75) is 64.5 Å². The number of halogens is 1. The summed E-state index contributed by atoms with van der Waals surface area (Å²) >= 11 is 3.64. The van der Waals surface area contributed by atoms with Crippen molar-refractivity contribution in [2.75, 3.05) is 21.3 Å². The highest BCUT2D eigenvalue weighted by molar-refractivity contribution is 9.10. The van der Waals surface area contributed by atoms with E-state index in [-0.39, 0.29) is 23.4 Å². The molecule has 1 saturated carbocycles. The Kier molecular flexibility index (Phi) is 8.51. The first-order valence-electron chi connectivity index (χ1n) is 11.4. The standard InChI is InChI=1S/C26H34BrNO5/c1-16(2)28(20-9-7-6-8-10-20)26(30)18-12-11-17(21(27)14-18)13-19-15-22(31-3)24(32-4)25(33-5)23(19)29/h11-12,14-16,20,29H,6-10,13H2,1-5H3. The SMILES string of the molecule is COc1cc(Cc2ccc(C(=O)N(C(C)C)C3CCCCC3)cc2Br)c(O)c(OC)c1OC. The minimum atomic E-state index is 0.00508. The van der Waals surface area contributed by atoms with E-state index < -0.39 is 0 Å². The van der Waals surface area contributed by atoms with Gasteiger partial charge in [0.25, 0.3) is 5.91 Å². The third-order valence-electron chi connectivity index (χ3n) is 6.32. The van der Waals surface area contributed by atoms with Crippen LogP contribution in [-0.4, -0.2) is 49.3 Å². The van der Waals surface area contributed by atoms with Gasteiger partial charge in [0.1, 0.15) is 0 Å². The molecule has 33 heavy (non-hydrogen) atoms. The molecule has 6 nitrogen and oxygen atoms in total. The van der Waals surface area contributed by atoms with Crippen LogP contribution in [-0.2, 0) is 6.42 Å². The van der Waals surface area contributed by atoms with E-state index in [2.05, 4.69) is 29.8 Å². The van der Waals surface area contributed by atoms with Crippen molar-refractivity contribution in [1.82, 2.24) is 4.90 Å². The Morgan fingerprint density at radius 3 is 2.24 bits per heavy atom. The molecule has 0 aromatic heterocycles. The molecule has 1 aliphatic rings. The van der Waals surface area contributed by atoms with Crippen LogP contribution in [0.5, 0.6) is 23.0 Å². The lowest BCUT2D eigenvalue weighted by Crippen LogP contribution is -2.45. The molecule has 0 radical (unpaired) electrons. The van der Waals surface area contributed by atoms with E-state index in [1.807, 2.05) is 23.1 Å². The number of aromatic hydroxyl groups is 1. The van der Waals surface area contributed by atoms with Crippen LogP contribution in [0.4, 0.5) is 0 Å². The molecule has 180 valence electrons. The van der Waals surface area contributed by atoms with Crippen molar-refractivity contribution >= 4 is 21.8 Å². The van der Waals surface area contributed by atoms with Crippen LogP contribution in [0.15, 0.2) is 28.7 Å². The summed E-state index contributed by atoms with van der Waals surface area (Å²) in [6, 6.07) is 7.88. The molecule has 0 heterocycles. The molecule has 0 atom stereocenters. The summed E-state index contributed by atoms with van der Waals surface area (Å²) in [5.74, 6) is 1.13. The lowest BCUT2D eigenvalue weighted by molar-refractivity contribution is 0.0555. The normalized spacial score (nSPS) is 14.3. The highest BCUT2D eigenvalue weighted by Gasteiger charge is 2.29. The molecule has 1 N–H and O–H groups in total. The number of benzene rings is 2. The summed E-state index contributed by atoms with van der Waals surface area (Å²) in [6.45, 7) is 4.17. The van der Waals surface area contributed by atoms with Gasteiger partial charge < -0.3 is 24.2 Å².